The summed E-state index contributed by atoms with van der Waals surface area (Å²) in [6.45, 7) is 15.7. The van der Waals surface area contributed by atoms with Crippen molar-refractivity contribution in [3.8, 4) is 0 Å². The molecule has 3 amide bonds. The summed E-state index contributed by atoms with van der Waals surface area (Å²) in [4.78, 5) is 43.1. The van der Waals surface area contributed by atoms with Crippen LogP contribution in [0, 0.1) is 19.8 Å². The lowest BCUT2D eigenvalue weighted by molar-refractivity contribution is -0.141. The van der Waals surface area contributed by atoms with Crippen LogP contribution in [-0.2, 0) is 14.3 Å². The zero-order valence-corrected chi connectivity index (χ0v) is 26.4. The molecule has 0 saturated heterocycles. The fourth-order valence-electron chi connectivity index (χ4n) is 5.10. The smallest absolute Gasteiger partial charge is 0.408 e. The van der Waals surface area contributed by atoms with E-state index in [1.54, 1.807) is 25.7 Å². The lowest BCUT2D eigenvalue weighted by atomic mass is 9.95. The molecule has 0 saturated carbocycles. The fourth-order valence-corrected chi connectivity index (χ4v) is 5.10. The monoisotopic (exact) mass is 573 g/mol. The van der Waals surface area contributed by atoms with E-state index >= 15 is 0 Å². The molecule has 2 unspecified atom stereocenters. The second-order valence-corrected chi connectivity index (χ2v) is 12.5. The molecule has 3 aromatic rings. The van der Waals surface area contributed by atoms with Gasteiger partial charge in [-0.3, -0.25) is 9.59 Å². The number of unbranched alkanes of at least 4 members (excludes halogenated alkanes) is 1. The molecule has 0 aromatic heterocycles. The van der Waals surface area contributed by atoms with Crippen molar-refractivity contribution in [2.75, 3.05) is 11.9 Å². The summed E-state index contributed by atoms with van der Waals surface area (Å²) >= 11 is 0. The maximum Gasteiger partial charge on any atom is 0.408 e. The number of benzene rings is 3. The van der Waals surface area contributed by atoms with Crippen molar-refractivity contribution in [3.63, 3.8) is 0 Å². The lowest BCUT2D eigenvalue weighted by Gasteiger charge is -2.35. The largest absolute Gasteiger partial charge is 0.444 e. The van der Waals surface area contributed by atoms with Gasteiger partial charge in [0, 0.05) is 12.2 Å². The van der Waals surface area contributed by atoms with Crippen LogP contribution >= 0.6 is 0 Å². The Kier molecular flexibility index (Phi) is 11.1. The van der Waals surface area contributed by atoms with E-state index in [9.17, 15) is 14.4 Å². The van der Waals surface area contributed by atoms with Crippen LogP contribution in [0.3, 0.4) is 0 Å². The van der Waals surface area contributed by atoms with Crippen LogP contribution < -0.4 is 10.6 Å². The molecule has 0 bridgehead atoms. The molecule has 3 rings (SSSR count). The first-order valence-corrected chi connectivity index (χ1v) is 15.0. The minimum absolute atomic E-state index is 0.118. The molecule has 0 aliphatic carbocycles. The van der Waals surface area contributed by atoms with Crippen LogP contribution in [0.25, 0.3) is 10.8 Å². The third-order valence-electron chi connectivity index (χ3n) is 7.03. The summed E-state index contributed by atoms with van der Waals surface area (Å²) < 4.78 is 5.50. The van der Waals surface area contributed by atoms with Crippen LogP contribution in [0.5, 0.6) is 0 Å². The molecule has 7 heteroatoms. The summed E-state index contributed by atoms with van der Waals surface area (Å²) in [5, 5.41) is 7.99. The molecular formula is C35H47N3O4. The van der Waals surface area contributed by atoms with Crippen molar-refractivity contribution in [2.45, 2.75) is 92.3 Å². The van der Waals surface area contributed by atoms with E-state index in [2.05, 4.69) is 17.6 Å². The number of nitrogens with zero attached hydrogens (tertiary/aromatic N) is 1. The summed E-state index contributed by atoms with van der Waals surface area (Å²) in [6.07, 6.45) is 1.30. The quantitative estimate of drug-likeness (QED) is 0.246. The lowest BCUT2D eigenvalue weighted by Crippen LogP contribution is -2.53. The number of hydrogen-bond donors (Lipinski definition) is 2. The highest BCUT2D eigenvalue weighted by atomic mass is 16.6. The summed E-state index contributed by atoms with van der Waals surface area (Å²) in [5.41, 5.74) is 2.69. The zero-order valence-electron chi connectivity index (χ0n) is 26.4. The molecule has 42 heavy (non-hydrogen) atoms. The Morgan fingerprint density at radius 2 is 1.62 bits per heavy atom. The third kappa shape index (κ3) is 9.07. The maximum atomic E-state index is 14.4. The van der Waals surface area contributed by atoms with Crippen molar-refractivity contribution in [2.24, 2.45) is 5.92 Å². The highest BCUT2D eigenvalue weighted by Gasteiger charge is 2.37. The van der Waals surface area contributed by atoms with E-state index in [1.165, 1.54) is 0 Å². The van der Waals surface area contributed by atoms with Crippen molar-refractivity contribution < 1.29 is 19.1 Å². The van der Waals surface area contributed by atoms with Gasteiger partial charge in [0.25, 0.3) is 5.91 Å². The molecule has 0 aliphatic heterocycles. The molecule has 0 fully saturated rings. The predicted molar refractivity (Wildman–Crippen MR) is 170 cm³/mol. The number of alkyl carbamates (subject to hydrolysis) is 1. The van der Waals surface area contributed by atoms with Gasteiger partial charge in [0.1, 0.15) is 17.7 Å². The van der Waals surface area contributed by atoms with E-state index in [4.69, 9.17) is 4.74 Å². The Bertz CT molecular complexity index is 1390. The third-order valence-corrected chi connectivity index (χ3v) is 7.03. The molecule has 0 heterocycles. The highest BCUT2D eigenvalue weighted by Crippen LogP contribution is 2.29. The molecule has 3 aromatic carbocycles. The van der Waals surface area contributed by atoms with Crippen molar-refractivity contribution in [3.05, 3.63) is 77.4 Å². The van der Waals surface area contributed by atoms with Gasteiger partial charge < -0.3 is 20.3 Å². The Hall–Kier alpha value is -3.87. The van der Waals surface area contributed by atoms with Gasteiger partial charge in [0.2, 0.25) is 5.91 Å². The molecule has 226 valence electrons. The minimum atomic E-state index is -0.897. The molecule has 0 spiro atoms. The van der Waals surface area contributed by atoms with Crippen LogP contribution in [-0.4, -0.2) is 41.0 Å². The first kappa shape index (κ1) is 32.6. The Balaban J connectivity index is 2.06. The molecule has 0 aliphatic rings. The van der Waals surface area contributed by atoms with Gasteiger partial charge in [-0.25, -0.2) is 4.79 Å². The number of rotatable bonds is 11. The number of hydrogen-bond acceptors (Lipinski definition) is 4. The summed E-state index contributed by atoms with van der Waals surface area (Å²) in [7, 11) is 0. The molecular weight excluding hydrogens is 526 g/mol. The van der Waals surface area contributed by atoms with Crippen molar-refractivity contribution >= 4 is 34.4 Å². The number of anilines is 1. The number of aryl methyl sites for hydroxylation is 2. The van der Waals surface area contributed by atoms with Gasteiger partial charge >= 0.3 is 6.09 Å². The second-order valence-electron chi connectivity index (χ2n) is 12.5. The number of ether oxygens (including phenoxy) is 1. The molecule has 2 atom stereocenters. The van der Waals surface area contributed by atoms with Gasteiger partial charge in [0.05, 0.1) is 0 Å². The highest BCUT2D eigenvalue weighted by molar-refractivity contribution is 6.00. The first-order chi connectivity index (χ1) is 19.8. The number of carbonyl (C=O) groups is 3. The number of fused-ring (bicyclic) bond motifs is 1. The first-order valence-electron chi connectivity index (χ1n) is 15.0. The molecule has 0 radical (unpaired) electrons. The fraction of sp³-hybridized carbons (Fsp3) is 0.457. The number of nitrogens with one attached hydrogen (secondary N) is 2. The normalized spacial score (nSPS) is 13.0. The Labute approximate surface area is 251 Å². The summed E-state index contributed by atoms with van der Waals surface area (Å²) in [5.74, 6) is -0.489. The van der Waals surface area contributed by atoms with Crippen molar-refractivity contribution in [1.82, 2.24) is 10.2 Å². The van der Waals surface area contributed by atoms with Crippen LogP contribution in [0.15, 0.2) is 60.7 Å². The Morgan fingerprint density at radius 3 is 2.24 bits per heavy atom. The van der Waals surface area contributed by atoms with Gasteiger partial charge in [-0.1, -0.05) is 81.3 Å². The van der Waals surface area contributed by atoms with E-state index < -0.39 is 23.8 Å². The topological polar surface area (TPSA) is 87.7 Å². The van der Waals surface area contributed by atoms with Gasteiger partial charge in [-0.05, 0) is 87.4 Å². The SMILES string of the molecule is CCCCN(C(=O)C(CC(C)C)NC(=O)OC(C)(C)C)C(C(=O)Nc1ccc2ccccc2c1)c1ccc(C)cc1C. The predicted octanol–water partition coefficient (Wildman–Crippen LogP) is 7.70. The standard InChI is InChI=1S/C35H47N3O4/c1-9-10-19-38(33(40)30(20-23(2)3)37-34(41)42-35(6,7)8)31(29-18-15-24(4)21-25(29)5)32(39)36-28-17-16-26-13-11-12-14-27(26)22-28/h11-18,21-23,30-31H,9-10,19-20H2,1-8H3,(H,36,39)(H,37,41). The van der Waals surface area contributed by atoms with E-state index in [1.807, 2.05) is 88.4 Å². The van der Waals surface area contributed by atoms with E-state index in [0.717, 1.165) is 33.9 Å². The minimum Gasteiger partial charge on any atom is -0.444 e. The maximum absolute atomic E-state index is 14.4. The zero-order chi connectivity index (χ0) is 31.0. The Morgan fingerprint density at radius 1 is 0.929 bits per heavy atom. The van der Waals surface area contributed by atoms with Crippen LogP contribution in [0.2, 0.25) is 0 Å². The van der Waals surface area contributed by atoms with E-state index in [0.29, 0.717) is 25.1 Å². The average molecular weight is 574 g/mol. The van der Waals surface area contributed by atoms with Gasteiger partial charge in [-0.15, -0.1) is 0 Å². The van der Waals surface area contributed by atoms with Gasteiger partial charge in [0.15, 0.2) is 0 Å². The van der Waals surface area contributed by atoms with Crippen molar-refractivity contribution in [1.29, 1.82) is 0 Å². The summed E-state index contributed by atoms with van der Waals surface area (Å²) in [6, 6.07) is 17.9. The van der Waals surface area contributed by atoms with E-state index in [-0.39, 0.29) is 17.7 Å². The van der Waals surface area contributed by atoms with Crippen LogP contribution in [0.4, 0.5) is 10.5 Å². The van der Waals surface area contributed by atoms with Gasteiger partial charge in [-0.2, -0.15) is 0 Å². The average Bonchev–Trinajstić information content (AvgIpc) is 2.89. The number of amides is 3. The van der Waals surface area contributed by atoms with Crippen LogP contribution in [0.1, 0.15) is 83.5 Å². The molecule has 7 nitrogen and oxygen atoms in total. The number of carbonyl (C=O) groups excluding carboxylic acids is 3. The second kappa shape index (κ2) is 14.3. The molecule has 2 N–H and O–H groups in total.